The second kappa shape index (κ2) is 8.56. The number of benzene rings is 3. The summed E-state index contributed by atoms with van der Waals surface area (Å²) in [5.74, 6) is -0.551. The van der Waals surface area contributed by atoms with Crippen molar-refractivity contribution in [2.24, 2.45) is 0 Å². The second-order valence-electron chi connectivity index (χ2n) is 7.87. The number of fused-ring (bicyclic) bond motifs is 1. The predicted octanol–water partition coefficient (Wildman–Crippen LogP) is 7.03. The van der Waals surface area contributed by atoms with Gasteiger partial charge in [0.2, 0.25) is 0 Å². The average molecular weight is 454 g/mol. The van der Waals surface area contributed by atoms with E-state index in [0.717, 1.165) is 27.7 Å². The number of carbonyl (C=O) groups excluding carboxylic acids is 1. The van der Waals surface area contributed by atoms with Crippen molar-refractivity contribution in [2.75, 3.05) is 5.32 Å². The van der Waals surface area contributed by atoms with E-state index in [1.54, 1.807) is 12.1 Å². The normalized spacial score (nSPS) is 11.0. The molecule has 2 heterocycles. The van der Waals surface area contributed by atoms with Crippen LogP contribution in [0.1, 0.15) is 21.5 Å². The molecule has 3 aromatic carbocycles. The highest BCUT2D eigenvalue weighted by Crippen LogP contribution is 2.29. The van der Waals surface area contributed by atoms with Crippen LogP contribution in [0.2, 0.25) is 0 Å². The van der Waals surface area contributed by atoms with Crippen molar-refractivity contribution in [3.05, 3.63) is 101 Å². The summed E-state index contributed by atoms with van der Waals surface area (Å²) in [6, 6.07) is 21.7. The van der Waals surface area contributed by atoms with Crippen molar-refractivity contribution < 1.29 is 9.18 Å². The van der Waals surface area contributed by atoms with E-state index in [-0.39, 0.29) is 11.7 Å². The van der Waals surface area contributed by atoms with Gasteiger partial charge >= 0.3 is 0 Å². The number of rotatable bonds is 4. The van der Waals surface area contributed by atoms with Crippen LogP contribution in [-0.4, -0.2) is 15.9 Å². The van der Waals surface area contributed by atoms with Gasteiger partial charge < -0.3 is 0 Å². The highest BCUT2D eigenvalue weighted by molar-refractivity contribution is 7.14. The first-order valence-electron chi connectivity index (χ1n) is 10.5. The van der Waals surface area contributed by atoms with Crippen LogP contribution in [0.25, 0.3) is 33.4 Å². The molecule has 33 heavy (non-hydrogen) atoms. The van der Waals surface area contributed by atoms with Crippen LogP contribution in [0.5, 0.6) is 0 Å². The Balaban J connectivity index is 1.50. The topological polar surface area (TPSA) is 54.9 Å². The van der Waals surface area contributed by atoms with E-state index in [1.807, 2.05) is 41.8 Å². The maximum Gasteiger partial charge on any atom is 0.258 e. The van der Waals surface area contributed by atoms with Crippen molar-refractivity contribution in [1.29, 1.82) is 0 Å². The first-order chi connectivity index (χ1) is 16.0. The zero-order valence-corrected chi connectivity index (χ0v) is 18.9. The molecule has 0 atom stereocenters. The number of hydrogen-bond acceptors (Lipinski definition) is 4. The molecular formula is C27H20FN3OS. The van der Waals surface area contributed by atoms with Crippen molar-refractivity contribution >= 4 is 33.3 Å². The average Bonchev–Trinajstić information content (AvgIpc) is 3.29. The van der Waals surface area contributed by atoms with Gasteiger partial charge in [0, 0.05) is 21.9 Å². The Morgan fingerprint density at radius 1 is 0.848 bits per heavy atom. The number of aromatic nitrogens is 2. The molecule has 0 aliphatic rings. The maximum absolute atomic E-state index is 13.3. The number of nitrogens with one attached hydrogen (secondary N) is 1. The van der Waals surface area contributed by atoms with Crippen LogP contribution in [0.4, 0.5) is 9.52 Å². The molecule has 0 bridgehead atoms. The van der Waals surface area contributed by atoms with E-state index in [9.17, 15) is 9.18 Å². The third-order valence-electron chi connectivity index (χ3n) is 5.63. The van der Waals surface area contributed by atoms with Gasteiger partial charge in [-0.1, -0.05) is 30.3 Å². The number of nitrogens with zero attached hydrogens (tertiary/aromatic N) is 2. The number of anilines is 1. The van der Waals surface area contributed by atoms with Crippen LogP contribution >= 0.6 is 11.3 Å². The van der Waals surface area contributed by atoms with E-state index >= 15 is 0 Å². The Kier molecular flexibility index (Phi) is 5.44. The fourth-order valence-corrected chi connectivity index (χ4v) is 4.38. The smallest absolute Gasteiger partial charge is 0.258 e. The molecule has 0 aliphatic heterocycles. The van der Waals surface area contributed by atoms with Crippen LogP contribution in [0, 0.1) is 19.7 Å². The Morgan fingerprint density at radius 2 is 1.61 bits per heavy atom. The number of thiazole rings is 1. The Bertz CT molecular complexity index is 1490. The molecule has 2 aromatic heterocycles. The van der Waals surface area contributed by atoms with Gasteiger partial charge in [0.1, 0.15) is 5.82 Å². The number of aryl methyl sites for hydroxylation is 2. The lowest BCUT2D eigenvalue weighted by molar-refractivity contribution is 0.102. The summed E-state index contributed by atoms with van der Waals surface area (Å²) < 4.78 is 13.2. The van der Waals surface area contributed by atoms with Gasteiger partial charge in [0.05, 0.1) is 22.5 Å². The Morgan fingerprint density at radius 3 is 2.39 bits per heavy atom. The maximum atomic E-state index is 13.3. The summed E-state index contributed by atoms with van der Waals surface area (Å²) >= 11 is 1.33. The highest BCUT2D eigenvalue weighted by atomic mass is 32.1. The Hall–Kier alpha value is -3.90. The lowest BCUT2D eigenvalue weighted by Gasteiger charge is -2.11. The molecule has 0 spiro atoms. The van der Waals surface area contributed by atoms with E-state index in [1.165, 1.54) is 34.6 Å². The third-order valence-corrected chi connectivity index (χ3v) is 6.39. The molecule has 1 N–H and O–H groups in total. The number of pyridine rings is 1. The van der Waals surface area contributed by atoms with Crippen LogP contribution in [-0.2, 0) is 0 Å². The van der Waals surface area contributed by atoms with Crippen molar-refractivity contribution in [3.8, 4) is 22.5 Å². The number of hydrogen-bond donors (Lipinski definition) is 1. The fraction of sp³-hybridized carbons (Fsp3) is 0.0741. The second-order valence-corrected chi connectivity index (χ2v) is 8.73. The molecule has 5 aromatic rings. The van der Waals surface area contributed by atoms with Crippen molar-refractivity contribution in [2.45, 2.75) is 13.8 Å². The van der Waals surface area contributed by atoms with E-state index in [2.05, 4.69) is 36.3 Å². The van der Waals surface area contributed by atoms with E-state index < -0.39 is 0 Å². The lowest BCUT2D eigenvalue weighted by Crippen LogP contribution is -2.13. The molecule has 5 rings (SSSR count). The molecule has 4 nitrogen and oxygen atoms in total. The first-order valence-corrected chi connectivity index (χ1v) is 11.4. The van der Waals surface area contributed by atoms with Crippen LogP contribution in [0.15, 0.2) is 78.2 Å². The predicted molar refractivity (Wildman–Crippen MR) is 132 cm³/mol. The molecule has 0 saturated carbocycles. The van der Waals surface area contributed by atoms with Gasteiger partial charge in [-0.2, -0.15) is 0 Å². The lowest BCUT2D eigenvalue weighted by atomic mass is 10.0. The van der Waals surface area contributed by atoms with Gasteiger partial charge in [-0.05, 0) is 67.4 Å². The summed E-state index contributed by atoms with van der Waals surface area (Å²) in [5, 5.41) is 6.01. The minimum absolute atomic E-state index is 0.251. The van der Waals surface area contributed by atoms with E-state index in [0.29, 0.717) is 16.4 Å². The van der Waals surface area contributed by atoms with E-state index in [4.69, 9.17) is 4.98 Å². The monoisotopic (exact) mass is 453 g/mol. The van der Waals surface area contributed by atoms with Gasteiger partial charge in [-0.25, -0.2) is 14.4 Å². The van der Waals surface area contributed by atoms with Crippen LogP contribution in [0.3, 0.4) is 0 Å². The van der Waals surface area contributed by atoms with Gasteiger partial charge in [-0.15, -0.1) is 11.3 Å². The highest BCUT2D eigenvalue weighted by Gasteiger charge is 2.16. The standard InChI is InChI=1S/C27H20FN3OS/c1-16-7-8-19(13-17(16)2)24-14-22(21-5-3-4-6-23(21)29-24)26(32)31-27-30-25(15-33-27)18-9-11-20(28)12-10-18/h3-15H,1-2H3,(H,30,31,32). The zero-order valence-electron chi connectivity index (χ0n) is 18.1. The molecule has 6 heteroatoms. The largest absolute Gasteiger partial charge is 0.298 e. The number of carbonyl (C=O) groups is 1. The SMILES string of the molecule is Cc1ccc(-c2cc(C(=O)Nc3nc(-c4ccc(F)cc4)cs3)c3ccccc3n2)cc1C. The third kappa shape index (κ3) is 4.25. The quantitative estimate of drug-likeness (QED) is 0.318. The molecule has 1 amide bonds. The van der Waals surface area contributed by atoms with Crippen LogP contribution < -0.4 is 5.32 Å². The fourth-order valence-electron chi connectivity index (χ4n) is 3.66. The summed E-state index contributed by atoms with van der Waals surface area (Å²) in [6.07, 6.45) is 0. The number of halogens is 1. The summed E-state index contributed by atoms with van der Waals surface area (Å²) in [4.78, 5) is 22.6. The van der Waals surface area contributed by atoms with Crippen molar-refractivity contribution in [3.63, 3.8) is 0 Å². The summed E-state index contributed by atoms with van der Waals surface area (Å²) in [7, 11) is 0. The molecule has 0 aliphatic carbocycles. The zero-order chi connectivity index (χ0) is 22.9. The molecule has 0 radical (unpaired) electrons. The van der Waals surface area contributed by atoms with Gasteiger partial charge in [-0.3, -0.25) is 10.1 Å². The van der Waals surface area contributed by atoms with Gasteiger partial charge in [0.25, 0.3) is 5.91 Å². The molecule has 0 saturated heterocycles. The number of para-hydroxylation sites is 1. The minimum atomic E-state index is -0.299. The summed E-state index contributed by atoms with van der Waals surface area (Å²) in [5.41, 5.74) is 6.85. The van der Waals surface area contributed by atoms with Gasteiger partial charge in [0.15, 0.2) is 5.13 Å². The Labute approximate surface area is 194 Å². The summed E-state index contributed by atoms with van der Waals surface area (Å²) in [6.45, 7) is 4.13. The molecule has 0 fully saturated rings. The molecule has 162 valence electrons. The molecule has 0 unspecified atom stereocenters. The van der Waals surface area contributed by atoms with Crippen molar-refractivity contribution in [1.82, 2.24) is 9.97 Å². The first kappa shape index (κ1) is 21.0. The minimum Gasteiger partial charge on any atom is -0.298 e. The molecular weight excluding hydrogens is 433 g/mol. The number of amides is 1.